The van der Waals surface area contributed by atoms with Gasteiger partial charge in [-0.15, -0.1) is 23.1 Å². The van der Waals surface area contributed by atoms with Crippen molar-refractivity contribution in [3.63, 3.8) is 0 Å². The van der Waals surface area contributed by atoms with Gasteiger partial charge in [-0.3, -0.25) is 14.7 Å². The molecule has 190 valence electrons. The number of β-lactam (4-membered cyclic amide) rings is 1. The van der Waals surface area contributed by atoms with E-state index in [4.69, 9.17) is 15.5 Å². The molecule has 6 rings (SSSR count). The molecule has 0 unspecified atom stereocenters. The van der Waals surface area contributed by atoms with E-state index in [-0.39, 0.29) is 17.0 Å². The van der Waals surface area contributed by atoms with Gasteiger partial charge in [-0.1, -0.05) is 72.4 Å². The molecule has 1 amide bonds. The Morgan fingerprint density at radius 3 is 2.34 bits per heavy atom. The summed E-state index contributed by atoms with van der Waals surface area (Å²) in [6.07, 6.45) is 2.83. The van der Waals surface area contributed by atoms with Crippen LogP contribution in [0.15, 0.2) is 106 Å². The number of hydrogen-bond acceptors (Lipinski definition) is 9. The SMILES string of the molecule is N[C@@H]1C(=O)N2C(C(=O)OC(c3ccccc3)c3ccccc3)=C(Sc3nc(-c4ccncc4)cs3)CS[C@H]12. The number of esters is 1. The van der Waals surface area contributed by atoms with E-state index in [9.17, 15) is 9.59 Å². The summed E-state index contributed by atoms with van der Waals surface area (Å²) in [4.78, 5) is 37.7. The lowest BCUT2D eigenvalue weighted by atomic mass is 10.0. The first-order chi connectivity index (χ1) is 18.6. The lowest BCUT2D eigenvalue weighted by Gasteiger charge is -2.48. The third kappa shape index (κ3) is 4.76. The molecule has 2 atom stereocenters. The number of ether oxygens (including phenoxy) is 1. The van der Waals surface area contributed by atoms with E-state index >= 15 is 0 Å². The third-order valence-corrected chi connectivity index (χ3v) is 9.77. The van der Waals surface area contributed by atoms with Crippen molar-refractivity contribution in [2.24, 2.45) is 5.73 Å². The zero-order valence-corrected chi connectivity index (χ0v) is 22.4. The maximum Gasteiger partial charge on any atom is 0.356 e. The molecule has 4 heterocycles. The van der Waals surface area contributed by atoms with Crippen LogP contribution in [0.4, 0.5) is 0 Å². The zero-order chi connectivity index (χ0) is 26.1. The van der Waals surface area contributed by atoms with Crippen LogP contribution in [0.5, 0.6) is 0 Å². The predicted molar refractivity (Wildman–Crippen MR) is 150 cm³/mol. The van der Waals surface area contributed by atoms with Gasteiger partial charge in [0, 0.05) is 34.0 Å². The second-order valence-corrected chi connectivity index (χ2v) is 12.0. The first-order valence-electron chi connectivity index (χ1n) is 11.9. The topological polar surface area (TPSA) is 98.4 Å². The summed E-state index contributed by atoms with van der Waals surface area (Å²) in [5.41, 5.74) is 9.82. The standard InChI is InChI=1S/C28H22N4O3S3/c29-22-25(33)32-23(27(34)35-24(18-7-3-1-4-8-18)19-9-5-2-6-10-19)21(16-36-26(22)32)38-28-31-20(15-37-28)17-11-13-30-14-12-17/h1-15,22,24,26H,16,29H2/t22-,26-/m1/s1. The Morgan fingerprint density at radius 1 is 1.03 bits per heavy atom. The molecule has 1 saturated heterocycles. The van der Waals surface area contributed by atoms with Crippen LogP contribution in [-0.2, 0) is 14.3 Å². The third-order valence-electron chi connectivity index (χ3n) is 6.27. The highest BCUT2D eigenvalue weighted by Crippen LogP contribution is 2.46. The van der Waals surface area contributed by atoms with Gasteiger partial charge in [0.2, 0.25) is 5.91 Å². The minimum absolute atomic E-state index is 0.253. The van der Waals surface area contributed by atoms with E-state index in [1.165, 1.54) is 28.0 Å². The monoisotopic (exact) mass is 558 g/mol. The summed E-state index contributed by atoms with van der Waals surface area (Å²) in [7, 11) is 0. The fraction of sp³-hybridized carbons (Fsp3) is 0.143. The summed E-state index contributed by atoms with van der Waals surface area (Å²) in [6.45, 7) is 0. The van der Waals surface area contributed by atoms with Crippen LogP contribution >= 0.6 is 34.9 Å². The van der Waals surface area contributed by atoms with Crippen molar-refractivity contribution in [2.75, 3.05) is 5.75 Å². The number of carbonyl (C=O) groups excluding carboxylic acids is 2. The van der Waals surface area contributed by atoms with E-state index in [1.54, 1.807) is 24.2 Å². The van der Waals surface area contributed by atoms with Gasteiger partial charge < -0.3 is 10.5 Å². The summed E-state index contributed by atoms with van der Waals surface area (Å²) >= 11 is 4.43. The van der Waals surface area contributed by atoms with Crippen LogP contribution in [0.2, 0.25) is 0 Å². The van der Waals surface area contributed by atoms with Crippen molar-refractivity contribution in [3.05, 3.63) is 112 Å². The van der Waals surface area contributed by atoms with Crippen LogP contribution in [0.1, 0.15) is 17.2 Å². The molecule has 2 aliphatic rings. The molecule has 0 radical (unpaired) electrons. The first-order valence-corrected chi connectivity index (χ1v) is 14.6. The quantitative estimate of drug-likeness (QED) is 0.248. The molecule has 1 fully saturated rings. The van der Waals surface area contributed by atoms with Crippen molar-refractivity contribution in [2.45, 2.75) is 21.9 Å². The Morgan fingerprint density at radius 2 is 1.68 bits per heavy atom. The van der Waals surface area contributed by atoms with E-state index in [2.05, 4.69) is 4.98 Å². The highest BCUT2D eigenvalue weighted by molar-refractivity contribution is 8.07. The van der Waals surface area contributed by atoms with Crippen molar-refractivity contribution >= 4 is 46.7 Å². The van der Waals surface area contributed by atoms with E-state index in [1.807, 2.05) is 78.2 Å². The predicted octanol–water partition coefficient (Wildman–Crippen LogP) is 5.08. The molecular formula is C28H22N4O3S3. The van der Waals surface area contributed by atoms with Crippen molar-refractivity contribution < 1.29 is 14.3 Å². The molecule has 2 N–H and O–H groups in total. The Hall–Kier alpha value is -3.44. The maximum atomic E-state index is 13.9. The van der Waals surface area contributed by atoms with E-state index in [0.717, 1.165) is 31.6 Å². The number of carbonyl (C=O) groups is 2. The number of pyridine rings is 1. The van der Waals surface area contributed by atoms with Crippen molar-refractivity contribution in [1.29, 1.82) is 0 Å². The highest BCUT2D eigenvalue weighted by atomic mass is 32.2. The number of amides is 1. The lowest BCUT2D eigenvalue weighted by molar-refractivity contribution is -0.152. The zero-order valence-electron chi connectivity index (χ0n) is 20.0. The molecule has 0 saturated carbocycles. The molecule has 2 aromatic carbocycles. The van der Waals surface area contributed by atoms with Crippen molar-refractivity contribution in [3.8, 4) is 11.3 Å². The van der Waals surface area contributed by atoms with Gasteiger partial charge in [0.15, 0.2) is 10.4 Å². The molecule has 0 aliphatic carbocycles. The second kappa shape index (κ2) is 10.7. The number of rotatable bonds is 7. The molecule has 0 bridgehead atoms. The Bertz CT molecular complexity index is 1460. The first kappa shape index (κ1) is 24.9. The fourth-order valence-electron chi connectivity index (χ4n) is 4.37. The van der Waals surface area contributed by atoms with Crippen LogP contribution in [0.3, 0.4) is 0 Å². The summed E-state index contributed by atoms with van der Waals surface area (Å²) in [5.74, 6) is -0.301. The molecule has 2 aromatic heterocycles. The number of hydrogen-bond donors (Lipinski definition) is 1. The van der Waals surface area contributed by atoms with Gasteiger partial charge in [-0.2, -0.15) is 0 Å². The highest BCUT2D eigenvalue weighted by Gasteiger charge is 2.52. The van der Waals surface area contributed by atoms with E-state index < -0.39 is 18.1 Å². The molecule has 10 heteroatoms. The second-order valence-electron chi connectivity index (χ2n) is 8.65. The number of nitrogens with two attached hydrogens (primary N) is 1. The number of fused-ring (bicyclic) bond motifs is 1. The molecule has 2 aliphatic heterocycles. The van der Waals surface area contributed by atoms with E-state index in [0.29, 0.717) is 5.75 Å². The smallest absolute Gasteiger partial charge is 0.356 e. The average Bonchev–Trinajstić information content (AvgIpc) is 3.45. The van der Waals surface area contributed by atoms with Crippen LogP contribution in [-0.4, -0.2) is 43.9 Å². The van der Waals surface area contributed by atoms with Crippen LogP contribution < -0.4 is 5.73 Å². The number of thioether (sulfide) groups is 2. The van der Waals surface area contributed by atoms with Crippen LogP contribution in [0.25, 0.3) is 11.3 Å². The molecule has 7 nitrogen and oxygen atoms in total. The summed E-state index contributed by atoms with van der Waals surface area (Å²) < 4.78 is 6.94. The van der Waals surface area contributed by atoms with Gasteiger partial charge in [0.05, 0.1) is 5.69 Å². The van der Waals surface area contributed by atoms with Gasteiger partial charge in [-0.05, 0) is 23.3 Å². The maximum absolute atomic E-state index is 13.9. The van der Waals surface area contributed by atoms with Gasteiger partial charge in [0.25, 0.3) is 0 Å². The van der Waals surface area contributed by atoms with Gasteiger partial charge in [-0.25, -0.2) is 9.78 Å². The Labute approximate surface area is 232 Å². The average molecular weight is 559 g/mol. The fourth-order valence-corrected chi connectivity index (χ4v) is 7.77. The minimum Gasteiger partial charge on any atom is -0.448 e. The Kier molecular flexibility index (Phi) is 7.03. The number of nitrogens with zero attached hydrogens (tertiary/aromatic N) is 3. The molecule has 4 aromatic rings. The van der Waals surface area contributed by atoms with Gasteiger partial charge in [0.1, 0.15) is 17.1 Å². The summed E-state index contributed by atoms with van der Waals surface area (Å²) in [5, 5.41) is 1.69. The largest absolute Gasteiger partial charge is 0.448 e. The number of aromatic nitrogens is 2. The van der Waals surface area contributed by atoms with Crippen molar-refractivity contribution in [1.82, 2.24) is 14.9 Å². The normalized spacial score (nSPS) is 18.8. The van der Waals surface area contributed by atoms with Gasteiger partial charge >= 0.3 is 5.97 Å². The number of thiazole rings is 1. The molecular weight excluding hydrogens is 537 g/mol. The Balaban J connectivity index is 1.34. The minimum atomic E-state index is -0.633. The summed E-state index contributed by atoms with van der Waals surface area (Å²) in [6, 6.07) is 22.4. The van der Waals surface area contributed by atoms with Crippen LogP contribution in [0, 0.1) is 0 Å². The molecule has 0 spiro atoms. The lowest BCUT2D eigenvalue weighted by Crippen LogP contribution is -2.68. The number of benzene rings is 2. The molecule has 38 heavy (non-hydrogen) atoms.